The Morgan fingerprint density at radius 1 is 0.926 bits per heavy atom. The minimum atomic E-state index is -1.03. The monoisotopic (exact) mass is 365 g/mol. The van der Waals surface area contributed by atoms with Crippen molar-refractivity contribution in [1.82, 2.24) is 4.90 Å². The van der Waals surface area contributed by atoms with Crippen LogP contribution in [0.1, 0.15) is 30.4 Å². The van der Waals surface area contributed by atoms with Gasteiger partial charge < -0.3 is 14.7 Å². The van der Waals surface area contributed by atoms with Crippen LogP contribution in [0.3, 0.4) is 0 Å². The van der Waals surface area contributed by atoms with Crippen LogP contribution >= 0.6 is 0 Å². The van der Waals surface area contributed by atoms with Gasteiger partial charge in [0.1, 0.15) is 5.60 Å². The van der Waals surface area contributed by atoms with E-state index in [1.165, 1.54) is 0 Å². The lowest BCUT2D eigenvalue weighted by molar-refractivity contribution is -0.138. The predicted molar refractivity (Wildman–Crippen MR) is 104 cm³/mol. The molecule has 0 bridgehead atoms. The summed E-state index contributed by atoms with van der Waals surface area (Å²) in [5.74, 6) is 0.309. The maximum absolute atomic E-state index is 12.7. The Bertz CT molecular complexity index is 708. The Labute approximate surface area is 160 Å². The highest BCUT2D eigenvalue weighted by atomic mass is 16.5. The van der Waals surface area contributed by atoms with E-state index in [-0.39, 0.29) is 17.7 Å². The fourth-order valence-electron chi connectivity index (χ4n) is 4.53. The third-order valence-electron chi connectivity index (χ3n) is 6.10. The summed E-state index contributed by atoms with van der Waals surface area (Å²) in [6.45, 7) is 2.63. The van der Waals surface area contributed by atoms with Crippen LogP contribution in [0.25, 0.3) is 0 Å². The van der Waals surface area contributed by atoms with Gasteiger partial charge in [-0.3, -0.25) is 4.79 Å². The maximum Gasteiger partial charge on any atom is 0.228 e. The molecule has 1 amide bonds. The molecular weight excluding hydrogens is 338 g/mol. The van der Waals surface area contributed by atoms with E-state index in [4.69, 9.17) is 4.74 Å². The van der Waals surface area contributed by atoms with Crippen LogP contribution < -0.4 is 0 Å². The van der Waals surface area contributed by atoms with Gasteiger partial charge in [-0.15, -0.1) is 0 Å². The van der Waals surface area contributed by atoms with E-state index in [0.717, 1.165) is 30.4 Å². The van der Waals surface area contributed by atoms with Crippen LogP contribution in [0, 0.1) is 11.8 Å². The van der Waals surface area contributed by atoms with Crippen molar-refractivity contribution in [2.45, 2.75) is 24.9 Å². The molecule has 4 heteroatoms. The number of likely N-dealkylation sites (tertiary alicyclic amines) is 1. The Morgan fingerprint density at radius 3 is 1.96 bits per heavy atom. The van der Waals surface area contributed by atoms with Gasteiger partial charge in [-0.05, 0) is 36.3 Å². The molecule has 0 radical (unpaired) electrons. The molecule has 1 N–H and O–H groups in total. The molecule has 2 fully saturated rings. The Hall–Kier alpha value is -2.17. The second-order valence-electron chi connectivity index (χ2n) is 7.66. The lowest BCUT2D eigenvalue weighted by atomic mass is 9.72. The number of benzene rings is 2. The van der Waals surface area contributed by atoms with Crippen molar-refractivity contribution in [1.29, 1.82) is 0 Å². The molecule has 2 aromatic carbocycles. The van der Waals surface area contributed by atoms with E-state index in [2.05, 4.69) is 0 Å². The molecule has 2 aromatic rings. The van der Waals surface area contributed by atoms with Crippen LogP contribution in [-0.4, -0.2) is 42.2 Å². The van der Waals surface area contributed by atoms with E-state index < -0.39 is 5.60 Å². The van der Waals surface area contributed by atoms with Crippen molar-refractivity contribution in [3.63, 3.8) is 0 Å². The van der Waals surface area contributed by atoms with Gasteiger partial charge in [0.15, 0.2) is 0 Å². The molecule has 142 valence electrons. The maximum atomic E-state index is 12.7. The summed E-state index contributed by atoms with van der Waals surface area (Å²) >= 11 is 0. The molecule has 27 heavy (non-hydrogen) atoms. The summed E-state index contributed by atoms with van der Waals surface area (Å²) in [5, 5.41) is 11.9. The van der Waals surface area contributed by atoms with Crippen molar-refractivity contribution in [2.24, 2.45) is 11.8 Å². The van der Waals surface area contributed by atoms with E-state index in [0.29, 0.717) is 26.3 Å². The van der Waals surface area contributed by atoms with E-state index in [9.17, 15) is 9.90 Å². The highest BCUT2D eigenvalue weighted by molar-refractivity contribution is 5.79. The summed E-state index contributed by atoms with van der Waals surface area (Å²) in [4.78, 5) is 14.6. The first kappa shape index (κ1) is 18.2. The van der Waals surface area contributed by atoms with Gasteiger partial charge in [-0.1, -0.05) is 60.7 Å². The molecule has 1 atom stereocenters. The van der Waals surface area contributed by atoms with Crippen LogP contribution in [0.2, 0.25) is 0 Å². The molecule has 4 rings (SSSR count). The zero-order valence-electron chi connectivity index (χ0n) is 15.6. The first-order valence-corrected chi connectivity index (χ1v) is 9.89. The topological polar surface area (TPSA) is 49.8 Å². The van der Waals surface area contributed by atoms with Gasteiger partial charge in [0.25, 0.3) is 0 Å². The summed E-state index contributed by atoms with van der Waals surface area (Å²) in [5.41, 5.74) is 0.809. The molecule has 0 spiro atoms. The normalized spacial score (nSPS) is 21.4. The number of carbonyl (C=O) groups excluding carboxylic acids is 1. The highest BCUT2D eigenvalue weighted by Crippen LogP contribution is 2.42. The van der Waals surface area contributed by atoms with Gasteiger partial charge in [0.2, 0.25) is 5.91 Å². The summed E-state index contributed by atoms with van der Waals surface area (Å²) < 4.78 is 5.37. The van der Waals surface area contributed by atoms with Crippen molar-refractivity contribution in [3.05, 3.63) is 71.8 Å². The van der Waals surface area contributed by atoms with E-state index in [1.54, 1.807) is 0 Å². The molecule has 0 aliphatic carbocycles. The van der Waals surface area contributed by atoms with Gasteiger partial charge in [0, 0.05) is 19.7 Å². The number of carbonyl (C=O) groups is 1. The van der Waals surface area contributed by atoms with Crippen molar-refractivity contribution >= 4 is 5.91 Å². The summed E-state index contributed by atoms with van der Waals surface area (Å²) in [6.07, 6.45) is 2.41. The van der Waals surface area contributed by atoms with Crippen LogP contribution in [-0.2, 0) is 15.1 Å². The Morgan fingerprint density at radius 2 is 1.48 bits per heavy atom. The number of aliphatic hydroxyl groups is 1. The third kappa shape index (κ3) is 3.52. The number of rotatable bonds is 4. The highest BCUT2D eigenvalue weighted by Gasteiger charge is 2.42. The molecule has 2 heterocycles. The second kappa shape index (κ2) is 7.83. The number of piperidine rings is 1. The van der Waals surface area contributed by atoms with Crippen molar-refractivity contribution in [2.75, 3.05) is 26.3 Å². The number of nitrogens with zero attached hydrogens (tertiary/aromatic N) is 1. The molecule has 0 aromatic heterocycles. The van der Waals surface area contributed by atoms with E-state index >= 15 is 0 Å². The fraction of sp³-hybridized carbons (Fsp3) is 0.435. The van der Waals surface area contributed by atoms with Crippen LogP contribution in [0.15, 0.2) is 60.7 Å². The average Bonchev–Trinajstić information content (AvgIpc) is 3.29. The molecule has 4 nitrogen and oxygen atoms in total. The smallest absolute Gasteiger partial charge is 0.228 e. The van der Waals surface area contributed by atoms with Crippen molar-refractivity contribution in [3.8, 4) is 0 Å². The molecular formula is C23H27NO3. The minimum Gasteiger partial charge on any atom is -0.381 e. The number of amides is 1. The van der Waals surface area contributed by atoms with Crippen LogP contribution in [0.5, 0.6) is 0 Å². The first-order chi connectivity index (χ1) is 13.2. The average molecular weight is 365 g/mol. The van der Waals surface area contributed by atoms with Crippen LogP contribution in [0.4, 0.5) is 0 Å². The lowest BCUT2D eigenvalue weighted by Crippen LogP contribution is -2.47. The summed E-state index contributed by atoms with van der Waals surface area (Å²) in [6, 6.07) is 19.8. The quantitative estimate of drug-likeness (QED) is 0.905. The largest absolute Gasteiger partial charge is 0.381 e. The number of hydrogen-bond acceptors (Lipinski definition) is 3. The predicted octanol–water partition coefficient (Wildman–Crippen LogP) is 3.20. The number of hydrogen-bond donors (Lipinski definition) is 1. The zero-order chi connectivity index (χ0) is 18.7. The molecule has 2 aliphatic heterocycles. The molecule has 0 saturated carbocycles. The fourth-order valence-corrected chi connectivity index (χ4v) is 4.53. The zero-order valence-corrected chi connectivity index (χ0v) is 15.6. The van der Waals surface area contributed by atoms with Gasteiger partial charge in [-0.2, -0.15) is 0 Å². The molecule has 2 aliphatic rings. The molecule has 2 saturated heterocycles. The Kier molecular flexibility index (Phi) is 5.28. The third-order valence-corrected chi connectivity index (χ3v) is 6.10. The standard InChI is InChI=1S/C23H27NO3/c25-22(18-13-16-27-17-18)24-14-11-21(12-15-24)23(26,19-7-3-1-4-8-19)20-9-5-2-6-10-20/h1-10,18,21,26H,11-17H2. The van der Waals surface area contributed by atoms with E-state index in [1.807, 2.05) is 65.6 Å². The lowest BCUT2D eigenvalue weighted by Gasteiger charge is -2.42. The Balaban J connectivity index is 1.55. The van der Waals surface area contributed by atoms with Crippen molar-refractivity contribution < 1.29 is 14.6 Å². The number of ether oxygens (including phenoxy) is 1. The second-order valence-corrected chi connectivity index (χ2v) is 7.66. The van der Waals surface area contributed by atoms with Gasteiger partial charge in [-0.25, -0.2) is 0 Å². The van der Waals surface area contributed by atoms with Gasteiger partial charge >= 0.3 is 0 Å². The van der Waals surface area contributed by atoms with Gasteiger partial charge in [0.05, 0.1) is 12.5 Å². The SMILES string of the molecule is O=C(C1CCOC1)N1CCC(C(O)(c2ccccc2)c2ccccc2)CC1. The molecule has 1 unspecified atom stereocenters. The summed E-state index contributed by atoms with van der Waals surface area (Å²) in [7, 11) is 0. The first-order valence-electron chi connectivity index (χ1n) is 9.89. The minimum absolute atomic E-state index is 0.0173.